The van der Waals surface area contributed by atoms with Gasteiger partial charge < -0.3 is 0 Å². The molecule has 13 heavy (non-hydrogen) atoms. The maximum Gasteiger partial charge on any atom is 0.0301 e. The van der Waals surface area contributed by atoms with E-state index in [1.807, 2.05) is 25.4 Å². The zero-order valence-corrected chi connectivity index (χ0v) is 9.46. The van der Waals surface area contributed by atoms with Crippen molar-refractivity contribution < 1.29 is 0 Å². The van der Waals surface area contributed by atoms with Gasteiger partial charge in [0.25, 0.3) is 0 Å². The van der Waals surface area contributed by atoms with Crippen LogP contribution in [0.2, 0.25) is 0 Å². The average Bonchev–Trinajstić information content (AvgIpc) is 2.01. The Kier molecular flexibility index (Phi) is 5.36. The Bertz CT molecular complexity index is 214. The Morgan fingerprint density at radius 3 is 2.31 bits per heavy atom. The molecule has 0 aliphatic heterocycles. The second-order valence-corrected chi connectivity index (χ2v) is 4.08. The van der Waals surface area contributed by atoms with Gasteiger partial charge in [-0.15, -0.1) is 0 Å². The fourth-order valence-electron chi connectivity index (χ4n) is 0.982. The van der Waals surface area contributed by atoms with E-state index in [1.165, 1.54) is 5.57 Å². The highest BCUT2D eigenvalue weighted by Crippen LogP contribution is 2.23. The van der Waals surface area contributed by atoms with Crippen molar-refractivity contribution in [2.24, 2.45) is 10.4 Å². The number of hydrogen-bond acceptors (Lipinski definition) is 1. The molecule has 74 valence electrons. The molecule has 0 rings (SSSR count). The van der Waals surface area contributed by atoms with Crippen LogP contribution < -0.4 is 0 Å². The Morgan fingerprint density at radius 1 is 1.31 bits per heavy atom. The average molecular weight is 179 g/mol. The molecule has 0 spiro atoms. The zero-order chi connectivity index (χ0) is 10.3. The molecule has 1 heteroatoms. The maximum atomic E-state index is 4.20. The van der Waals surface area contributed by atoms with Gasteiger partial charge >= 0.3 is 0 Å². The molecule has 0 aromatic rings. The normalized spacial score (nSPS) is 14.7. The van der Waals surface area contributed by atoms with Crippen LogP contribution in [0.3, 0.4) is 0 Å². The molecule has 0 aromatic heterocycles. The lowest BCUT2D eigenvalue weighted by molar-refractivity contribution is 0.524. The third-order valence-electron chi connectivity index (χ3n) is 1.74. The summed E-state index contributed by atoms with van der Waals surface area (Å²) in [7, 11) is 0. The Labute approximate surface area is 82.3 Å². The van der Waals surface area contributed by atoms with E-state index in [1.54, 1.807) is 0 Å². The van der Waals surface area contributed by atoms with Crippen LogP contribution in [0.25, 0.3) is 0 Å². The summed E-state index contributed by atoms with van der Waals surface area (Å²) < 4.78 is 0. The van der Waals surface area contributed by atoms with Crippen LogP contribution in [0.4, 0.5) is 0 Å². The van der Waals surface area contributed by atoms with E-state index in [9.17, 15) is 0 Å². The molecule has 0 saturated carbocycles. The lowest BCUT2D eigenvalue weighted by Crippen LogP contribution is -2.10. The Morgan fingerprint density at radius 2 is 1.92 bits per heavy atom. The van der Waals surface area contributed by atoms with E-state index in [4.69, 9.17) is 0 Å². The van der Waals surface area contributed by atoms with Gasteiger partial charge in [-0.3, -0.25) is 4.99 Å². The van der Waals surface area contributed by atoms with Crippen molar-refractivity contribution >= 4 is 6.21 Å². The first kappa shape index (κ1) is 12.2. The Balaban J connectivity index is 4.55. The topological polar surface area (TPSA) is 12.4 Å². The van der Waals surface area contributed by atoms with Crippen LogP contribution in [0.5, 0.6) is 0 Å². The maximum absolute atomic E-state index is 4.20. The molecular formula is C12H21N. The molecule has 0 amide bonds. The largest absolute Gasteiger partial charge is 0.265 e. The number of rotatable bonds is 3. The molecule has 1 nitrogen and oxygen atoms in total. The highest BCUT2D eigenvalue weighted by atomic mass is 14.7. The molecule has 0 saturated heterocycles. The summed E-state index contributed by atoms with van der Waals surface area (Å²) >= 11 is 0. The SMILES string of the molecule is C\C=C/N=C\C(=C\CC)C(C)(C)C. The van der Waals surface area contributed by atoms with Crippen molar-refractivity contribution in [3.63, 3.8) is 0 Å². The molecule has 0 N–H and O–H groups in total. The third kappa shape index (κ3) is 5.40. The molecule has 0 aliphatic rings. The first-order valence-corrected chi connectivity index (χ1v) is 4.87. The van der Waals surface area contributed by atoms with Gasteiger partial charge in [-0.25, -0.2) is 0 Å². The summed E-state index contributed by atoms with van der Waals surface area (Å²) in [6, 6.07) is 0. The summed E-state index contributed by atoms with van der Waals surface area (Å²) in [5.41, 5.74) is 1.49. The number of hydrogen-bond donors (Lipinski definition) is 0. The second kappa shape index (κ2) is 5.74. The van der Waals surface area contributed by atoms with Gasteiger partial charge in [-0.05, 0) is 24.3 Å². The zero-order valence-electron chi connectivity index (χ0n) is 9.46. The van der Waals surface area contributed by atoms with Crippen LogP contribution in [-0.2, 0) is 0 Å². The van der Waals surface area contributed by atoms with Crippen LogP contribution in [0.15, 0.2) is 28.9 Å². The second-order valence-electron chi connectivity index (χ2n) is 4.08. The predicted octanol–water partition coefficient (Wildman–Crippen LogP) is 3.97. The first-order valence-electron chi connectivity index (χ1n) is 4.87. The first-order chi connectivity index (χ1) is 6.02. The van der Waals surface area contributed by atoms with E-state index in [0.717, 1.165) is 6.42 Å². The van der Waals surface area contributed by atoms with Crippen molar-refractivity contribution in [2.45, 2.75) is 41.0 Å². The predicted molar refractivity (Wildman–Crippen MR) is 61.1 cm³/mol. The number of allylic oxidation sites excluding steroid dienone is 3. The van der Waals surface area contributed by atoms with Gasteiger partial charge in [0.15, 0.2) is 0 Å². The summed E-state index contributed by atoms with van der Waals surface area (Å²) in [6.07, 6.45) is 8.99. The summed E-state index contributed by atoms with van der Waals surface area (Å²) in [5, 5.41) is 0. The molecule has 0 aliphatic carbocycles. The van der Waals surface area contributed by atoms with Crippen LogP contribution >= 0.6 is 0 Å². The molecule has 0 heterocycles. The standard InChI is InChI=1S/C12H21N/c1-6-8-11(12(3,4)5)10-13-9-7-2/h7-10H,6H2,1-5H3/b9-7-,11-8-,13-10-. The number of aliphatic imine (C=N–C) groups is 1. The van der Waals surface area contributed by atoms with Crippen LogP contribution in [0.1, 0.15) is 41.0 Å². The van der Waals surface area contributed by atoms with Crippen LogP contribution in [-0.4, -0.2) is 6.21 Å². The molecular weight excluding hydrogens is 158 g/mol. The monoisotopic (exact) mass is 179 g/mol. The lowest BCUT2D eigenvalue weighted by atomic mass is 9.86. The van der Waals surface area contributed by atoms with E-state index < -0.39 is 0 Å². The van der Waals surface area contributed by atoms with Crippen molar-refractivity contribution in [3.8, 4) is 0 Å². The van der Waals surface area contributed by atoms with Crippen LogP contribution in [0, 0.1) is 5.41 Å². The summed E-state index contributed by atoms with van der Waals surface area (Å²) in [4.78, 5) is 4.20. The quantitative estimate of drug-likeness (QED) is 0.581. The number of nitrogens with zero attached hydrogens (tertiary/aromatic N) is 1. The minimum atomic E-state index is 0.196. The Hall–Kier alpha value is -0.850. The van der Waals surface area contributed by atoms with E-state index in [2.05, 4.69) is 38.8 Å². The van der Waals surface area contributed by atoms with Gasteiger partial charge in [0.2, 0.25) is 0 Å². The molecule has 0 unspecified atom stereocenters. The molecule has 0 bridgehead atoms. The third-order valence-corrected chi connectivity index (χ3v) is 1.74. The summed E-state index contributed by atoms with van der Waals surface area (Å²) in [6.45, 7) is 10.7. The fraction of sp³-hybridized carbons (Fsp3) is 0.583. The van der Waals surface area contributed by atoms with Gasteiger partial charge in [-0.1, -0.05) is 39.8 Å². The molecule has 0 radical (unpaired) electrons. The van der Waals surface area contributed by atoms with Gasteiger partial charge in [-0.2, -0.15) is 0 Å². The lowest BCUT2D eigenvalue weighted by Gasteiger charge is -2.19. The van der Waals surface area contributed by atoms with E-state index in [0.29, 0.717) is 0 Å². The van der Waals surface area contributed by atoms with Gasteiger partial charge in [0, 0.05) is 12.4 Å². The van der Waals surface area contributed by atoms with Crippen molar-refractivity contribution in [2.75, 3.05) is 0 Å². The molecule has 0 fully saturated rings. The molecule has 0 atom stereocenters. The van der Waals surface area contributed by atoms with E-state index in [-0.39, 0.29) is 5.41 Å². The van der Waals surface area contributed by atoms with Gasteiger partial charge in [0.1, 0.15) is 0 Å². The van der Waals surface area contributed by atoms with Crippen molar-refractivity contribution in [1.29, 1.82) is 0 Å². The van der Waals surface area contributed by atoms with Gasteiger partial charge in [0.05, 0.1) is 0 Å². The fourth-order valence-corrected chi connectivity index (χ4v) is 0.982. The highest BCUT2D eigenvalue weighted by Gasteiger charge is 2.13. The van der Waals surface area contributed by atoms with Crippen molar-refractivity contribution in [3.05, 3.63) is 23.9 Å². The van der Waals surface area contributed by atoms with E-state index >= 15 is 0 Å². The summed E-state index contributed by atoms with van der Waals surface area (Å²) in [5.74, 6) is 0. The minimum absolute atomic E-state index is 0.196. The smallest absolute Gasteiger partial charge is 0.0301 e. The molecule has 0 aromatic carbocycles. The highest BCUT2D eigenvalue weighted by molar-refractivity contribution is 5.80. The van der Waals surface area contributed by atoms with Crippen molar-refractivity contribution in [1.82, 2.24) is 0 Å². The minimum Gasteiger partial charge on any atom is -0.265 e.